The van der Waals surface area contributed by atoms with Crippen molar-refractivity contribution in [2.75, 3.05) is 24.6 Å². The minimum absolute atomic E-state index is 0.219. The van der Waals surface area contributed by atoms with Crippen LogP contribution in [-0.2, 0) is 0 Å². The molecule has 1 aromatic carbocycles. The van der Waals surface area contributed by atoms with Crippen molar-refractivity contribution >= 4 is 5.69 Å². The highest BCUT2D eigenvalue weighted by Gasteiger charge is 2.20. The number of rotatable bonds is 4. The van der Waals surface area contributed by atoms with E-state index in [1.54, 1.807) is 12.1 Å². The van der Waals surface area contributed by atoms with E-state index in [2.05, 4.69) is 25.7 Å². The molecule has 21 heavy (non-hydrogen) atoms. The summed E-state index contributed by atoms with van der Waals surface area (Å²) in [5.41, 5.74) is 7.03. The molecule has 1 aromatic rings. The number of hydrogen-bond acceptors (Lipinski definition) is 3. The van der Waals surface area contributed by atoms with Gasteiger partial charge < -0.3 is 15.4 Å². The zero-order chi connectivity index (χ0) is 15.5. The smallest absolute Gasteiger partial charge is 0.142 e. The van der Waals surface area contributed by atoms with Gasteiger partial charge >= 0.3 is 0 Å². The molecule has 2 rings (SSSR count). The molecule has 0 radical (unpaired) electrons. The first kappa shape index (κ1) is 16.1. The van der Waals surface area contributed by atoms with Gasteiger partial charge in [0.15, 0.2) is 0 Å². The van der Waals surface area contributed by atoms with Crippen molar-refractivity contribution in [2.45, 2.75) is 46.1 Å². The molecule has 1 fully saturated rings. The summed E-state index contributed by atoms with van der Waals surface area (Å²) in [6.45, 7) is 8.94. The largest absolute Gasteiger partial charge is 0.491 e. The average Bonchev–Trinajstić information content (AvgIpc) is 2.40. The molecule has 0 aliphatic carbocycles. The zero-order valence-electron chi connectivity index (χ0n) is 13.4. The first-order chi connectivity index (χ1) is 9.85. The molecular formula is C17H27FN2O. The third kappa shape index (κ3) is 4.88. The topological polar surface area (TPSA) is 38.5 Å². The van der Waals surface area contributed by atoms with Gasteiger partial charge in [0, 0.05) is 25.2 Å². The van der Waals surface area contributed by atoms with Gasteiger partial charge in [-0.25, -0.2) is 4.39 Å². The molecule has 0 saturated carbocycles. The zero-order valence-corrected chi connectivity index (χ0v) is 13.4. The molecule has 1 heterocycles. The first-order valence-corrected chi connectivity index (χ1v) is 7.78. The summed E-state index contributed by atoms with van der Waals surface area (Å²) in [5.74, 6) is 0.555. The lowest BCUT2D eigenvalue weighted by Gasteiger charge is -2.33. The molecule has 0 atom stereocenters. The lowest BCUT2D eigenvalue weighted by Crippen LogP contribution is -2.39. The van der Waals surface area contributed by atoms with Crippen molar-refractivity contribution in [3.05, 3.63) is 24.0 Å². The lowest BCUT2D eigenvalue weighted by atomic mass is 9.93. The lowest BCUT2D eigenvalue weighted by molar-refractivity contribution is 0.243. The number of benzene rings is 1. The van der Waals surface area contributed by atoms with Crippen LogP contribution >= 0.6 is 0 Å². The molecular weight excluding hydrogens is 267 g/mol. The first-order valence-electron chi connectivity index (χ1n) is 7.78. The minimum atomic E-state index is -0.219. The second-order valence-corrected chi connectivity index (χ2v) is 7.10. The number of nitrogens with two attached hydrogens (primary N) is 1. The number of nitrogens with zero attached hydrogens (tertiary/aromatic N) is 1. The van der Waals surface area contributed by atoms with Crippen LogP contribution in [0.15, 0.2) is 18.2 Å². The van der Waals surface area contributed by atoms with Crippen LogP contribution in [0, 0.1) is 11.2 Å². The fraction of sp³-hybridized carbons (Fsp3) is 0.647. The standard InChI is InChI=1S/C17H27FN2O/c1-17(2,3)8-11-21-16-5-4-13(18)12-15(16)20-9-6-14(19)7-10-20/h4-5,12,14H,6-11,19H2,1-3H3. The Labute approximate surface area is 127 Å². The summed E-state index contributed by atoms with van der Waals surface area (Å²) in [6.07, 6.45) is 2.85. The van der Waals surface area contributed by atoms with E-state index in [9.17, 15) is 4.39 Å². The van der Waals surface area contributed by atoms with E-state index in [4.69, 9.17) is 10.5 Å². The maximum atomic E-state index is 13.6. The molecule has 0 unspecified atom stereocenters. The Morgan fingerprint density at radius 1 is 1.29 bits per heavy atom. The van der Waals surface area contributed by atoms with Crippen molar-refractivity contribution in [1.82, 2.24) is 0 Å². The van der Waals surface area contributed by atoms with Gasteiger partial charge in [0.25, 0.3) is 0 Å². The van der Waals surface area contributed by atoms with Gasteiger partial charge in [-0.2, -0.15) is 0 Å². The molecule has 1 saturated heterocycles. The Hall–Kier alpha value is -1.29. The van der Waals surface area contributed by atoms with Crippen LogP contribution in [0.25, 0.3) is 0 Å². The summed E-state index contributed by atoms with van der Waals surface area (Å²) in [6, 6.07) is 5.04. The predicted molar refractivity (Wildman–Crippen MR) is 85.4 cm³/mol. The van der Waals surface area contributed by atoms with Crippen molar-refractivity contribution in [1.29, 1.82) is 0 Å². The van der Waals surface area contributed by atoms with Crippen LogP contribution in [-0.4, -0.2) is 25.7 Å². The highest BCUT2D eigenvalue weighted by atomic mass is 19.1. The summed E-state index contributed by atoms with van der Waals surface area (Å²) in [7, 11) is 0. The summed E-state index contributed by atoms with van der Waals surface area (Å²) in [5, 5.41) is 0. The number of ether oxygens (including phenoxy) is 1. The summed E-state index contributed by atoms with van der Waals surface area (Å²) in [4.78, 5) is 2.18. The van der Waals surface area contributed by atoms with E-state index in [1.165, 1.54) is 6.07 Å². The maximum absolute atomic E-state index is 13.6. The van der Waals surface area contributed by atoms with E-state index in [0.29, 0.717) is 6.61 Å². The Bertz CT molecular complexity index is 462. The predicted octanol–water partition coefficient (Wildman–Crippen LogP) is 3.57. The summed E-state index contributed by atoms with van der Waals surface area (Å²) < 4.78 is 19.5. The van der Waals surface area contributed by atoms with E-state index < -0.39 is 0 Å². The number of hydrogen-bond donors (Lipinski definition) is 1. The molecule has 4 heteroatoms. The van der Waals surface area contributed by atoms with Gasteiger partial charge in [-0.15, -0.1) is 0 Å². The average molecular weight is 294 g/mol. The van der Waals surface area contributed by atoms with Crippen LogP contribution in [0.4, 0.5) is 10.1 Å². The monoisotopic (exact) mass is 294 g/mol. The third-order valence-electron chi connectivity index (χ3n) is 3.91. The molecule has 0 bridgehead atoms. The molecule has 3 nitrogen and oxygen atoms in total. The summed E-state index contributed by atoms with van der Waals surface area (Å²) >= 11 is 0. The highest BCUT2D eigenvalue weighted by molar-refractivity contribution is 5.59. The Kier molecular flexibility index (Phi) is 5.09. The Morgan fingerprint density at radius 3 is 2.57 bits per heavy atom. The second-order valence-electron chi connectivity index (χ2n) is 7.10. The van der Waals surface area contributed by atoms with Crippen LogP contribution in [0.5, 0.6) is 5.75 Å². The van der Waals surface area contributed by atoms with Crippen LogP contribution in [0.2, 0.25) is 0 Å². The van der Waals surface area contributed by atoms with Gasteiger partial charge in [-0.05, 0) is 36.8 Å². The second kappa shape index (κ2) is 6.65. The maximum Gasteiger partial charge on any atom is 0.142 e. The quantitative estimate of drug-likeness (QED) is 0.922. The number of piperidine rings is 1. The fourth-order valence-corrected chi connectivity index (χ4v) is 2.47. The van der Waals surface area contributed by atoms with Crippen LogP contribution in [0.1, 0.15) is 40.0 Å². The van der Waals surface area contributed by atoms with Crippen molar-refractivity contribution in [2.24, 2.45) is 11.1 Å². The van der Waals surface area contributed by atoms with Crippen LogP contribution in [0.3, 0.4) is 0 Å². The van der Waals surface area contributed by atoms with Crippen molar-refractivity contribution in [3.8, 4) is 5.75 Å². The minimum Gasteiger partial charge on any atom is -0.491 e. The molecule has 0 aromatic heterocycles. The van der Waals surface area contributed by atoms with Gasteiger partial charge in [0.05, 0.1) is 12.3 Å². The highest BCUT2D eigenvalue weighted by Crippen LogP contribution is 2.32. The van der Waals surface area contributed by atoms with Gasteiger partial charge in [-0.3, -0.25) is 0 Å². The van der Waals surface area contributed by atoms with E-state index >= 15 is 0 Å². The SMILES string of the molecule is CC(C)(C)CCOc1ccc(F)cc1N1CCC(N)CC1. The van der Waals surface area contributed by atoms with Gasteiger partial charge in [0.1, 0.15) is 11.6 Å². The molecule has 118 valence electrons. The number of anilines is 1. The Balaban J connectivity index is 2.06. The fourth-order valence-electron chi connectivity index (χ4n) is 2.47. The van der Waals surface area contributed by atoms with Crippen molar-refractivity contribution in [3.63, 3.8) is 0 Å². The van der Waals surface area contributed by atoms with Gasteiger partial charge in [0.2, 0.25) is 0 Å². The van der Waals surface area contributed by atoms with Crippen molar-refractivity contribution < 1.29 is 9.13 Å². The molecule has 0 amide bonds. The molecule has 0 spiro atoms. The van der Waals surface area contributed by atoms with E-state index in [1.807, 2.05) is 0 Å². The Morgan fingerprint density at radius 2 is 1.95 bits per heavy atom. The molecule has 2 N–H and O–H groups in total. The molecule has 1 aliphatic rings. The third-order valence-corrected chi connectivity index (χ3v) is 3.91. The number of halogens is 1. The van der Waals surface area contributed by atoms with Crippen LogP contribution < -0.4 is 15.4 Å². The van der Waals surface area contributed by atoms with E-state index in [0.717, 1.165) is 43.8 Å². The van der Waals surface area contributed by atoms with E-state index in [-0.39, 0.29) is 17.3 Å². The van der Waals surface area contributed by atoms with Gasteiger partial charge in [-0.1, -0.05) is 20.8 Å². The normalized spacial score (nSPS) is 17.1. The molecule has 1 aliphatic heterocycles.